The van der Waals surface area contributed by atoms with Gasteiger partial charge in [0.2, 0.25) is 5.91 Å². The first kappa shape index (κ1) is 24.2. The molecular formula is C25H27ClN4O3S. The summed E-state index contributed by atoms with van der Waals surface area (Å²) < 4.78 is 5.57. The maximum atomic E-state index is 13.3. The Labute approximate surface area is 208 Å². The van der Waals surface area contributed by atoms with Crippen LogP contribution in [0.2, 0.25) is 5.02 Å². The lowest BCUT2D eigenvalue weighted by molar-refractivity contribution is -0.122. The summed E-state index contributed by atoms with van der Waals surface area (Å²) >= 11 is 7.44. The van der Waals surface area contributed by atoms with Crippen molar-refractivity contribution in [3.05, 3.63) is 75.8 Å². The van der Waals surface area contributed by atoms with Crippen LogP contribution < -0.4 is 10.6 Å². The van der Waals surface area contributed by atoms with Gasteiger partial charge in [-0.3, -0.25) is 9.59 Å². The van der Waals surface area contributed by atoms with Gasteiger partial charge in [0.15, 0.2) is 5.13 Å². The third-order valence-corrected chi connectivity index (χ3v) is 6.55. The normalized spacial score (nSPS) is 15.2. The molecule has 34 heavy (non-hydrogen) atoms. The Morgan fingerprint density at radius 1 is 1.24 bits per heavy atom. The lowest BCUT2D eigenvalue weighted by atomic mass is 10.2. The molecule has 1 fully saturated rings. The molecule has 2 aromatic carbocycles. The number of thiazole rings is 1. The number of anilines is 2. The molecule has 2 amide bonds. The van der Waals surface area contributed by atoms with E-state index in [4.69, 9.17) is 16.3 Å². The van der Waals surface area contributed by atoms with Gasteiger partial charge in [0, 0.05) is 35.8 Å². The molecule has 1 aromatic heterocycles. The van der Waals surface area contributed by atoms with E-state index in [9.17, 15) is 9.59 Å². The van der Waals surface area contributed by atoms with E-state index in [2.05, 4.69) is 15.6 Å². The first-order valence-corrected chi connectivity index (χ1v) is 12.4. The maximum absolute atomic E-state index is 13.3. The van der Waals surface area contributed by atoms with Crippen LogP contribution >= 0.6 is 22.9 Å². The zero-order chi connectivity index (χ0) is 23.9. The highest BCUT2D eigenvalue weighted by molar-refractivity contribution is 7.14. The van der Waals surface area contributed by atoms with Crippen LogP contribution in [-0.2, 0) is 16.1 Å². The van der Waals surface area contributed by atoms with Crippen molar-refractivity contribution in [1.82, 2.24) is 15.2 Å². The second kappa shape index (κ2) is 11.5. The molecule has 3 aromatic rings. The van der Waals surface area contributed by atoms with E-state index >= 15 is 0 Å². The third kappa shape index (κ3) is 6.56. The maximum Gasteiger partial charge on any atom is 0.274 e. The largest absolute Gasteiger partial charge is 0.376 e. The molecule has 1 saturated heterocycles. The molecule has 0 radical (unpaired) electrons. The number of aromatic nitrogens is 1. The molecule has 2 heterocycles. The SMILES string of the molecule is Cc1ccc(Cl)cc1Nc1nc(C(=O)N(CC(=O)NC[C@@H]2CCCO2)Cc2ccccc2)cs1. The smallest absolute Gasteiger partial charge is 0.274 e. The molecule has 2 N–H and O–H groups in total. The standard InChI is InChI=1S/C25H27ClN4O3S/c1-17-9-10-19(26)12-21(17)28-25-29-22(16-34-25)24(32)30(14-18-6-3-2-4-7-18)15-23(31)27-13-20-8-5-11-33-20/h2-4,6-7,9-10,12,16,20H,5,8,11,13-15H2,1H3,(H,27,31)(H,28,29)/t20-/m0/s1. The highest BCUT2D eigenvalue weighted by Gasteiger charge is 2.23. The molecule has 0 unspecified atom stereocenters. The molecule has 0 saturated carbocycles. The first-order valence-electron chi connectivity index (χ1n) is 11.2. The second-order valence-corrected chi connectivity index (χ2v) is 9.50. The van der Waals surface area contributed by atoms with Crippen LogP contribution in [0.3, 0.4) is 0 Å². The average Bonchev–Trinajstić information content (AvgIpc) is 3.52. The highest BCUT2D eigenvalue weighted by atomic mass is 35.5. The monoisotopic (exact) mass is 498 g/mol. The molecule has 178 valence electrons. The van der Waals surface area contributed by atoms with Crippen molar-refractivity contribution in [3.63, 3.8) is 0 Å². The summed E-state index contributed by atoms with van der Waals surface area (Å²) in [6.45, 7) is 3.40. The minimum Gasteiger partial charge on any atom is -0.376 e. The van der Waals surface area contributed by atoms with Crippen LogP contribution in [0.1, 0.15) is 34.5 Å². The van der Waals surface area contributed by atoms with E-state index in [1.807, 2.05) is 55.5 Å². The lowest BCUT2D eigenvalue weighted by Gasteiger charge is -2.22. The third-order valence-electron chi connectivity index (χ3n) is 5.55. The summed E-state index contributed by atoms with van der Waals surface area (Å²) in [5.74, 6) is -0.522. The van der Waals surface area contributed by atoms with Crippen LogP contribution in [0.5, 0.6) is 0 Å². The number of carbonyl (C=O) groups is 2. The lowest BCUT2D eigenvalue weighted by Crippen LogP contribution is -2.42. The summed E-state index contributed by atoms with van der Waals surface area (Å²) in [5, 5.41) is 9.02. The molecule has 0 aliphatic carbocycles. The molecule has 7 nitrogen and oxygen atoms in total. The fourth-order valence-electron chi connectivity index (χ4n) is 3.70. The zero-order valence-corrected chi connectivity index (χ0v) is 20.5. The molecule has 4 rings (SSSR count). The number of nitrogens with zero attached hydrogens (tertiary/aromatic N) is 2. The number of amides is 2. The topological polar surface area (TPSA) is 83.6 Å². The Kier molecular flexibility index (Phi) is 8.16. The summed E-state index contributed by atoms with van der Waals surface area (Å²) in [4.78, 5) is 32.0. The van der Waals surface area contributed by atoms with Crippen LogP contribution in [-0.4, -0.2) is 47.5 Å². The average molecular weight is 499 g/mol. The Morgan fingerprint density at radius 2 is 2.06 bits per heavy atom. The van der Waals surface area contributed by atoms with Gasteiger partial charge in [-0.15, -0.1) is 11.3 Å². The predicted molar refractivity (Wildman–Crippen MR) is 135 cm³/mol. The Hall–Kier alpha value is -2.94. The fourth-order valence-corrected chi connectivity index (χ4v) is 4.57. The molecule has 0 bridgehead atoms. The molecule has 1 aliphatic heterocycles. The van der Waals surface area contributed by atoms with E-state index in [0.717, 1.165) is 36.3 Å². The summed E-state index contributed by atoms with van der Waals surface area (Å²) in [6.07, 6.45) is 1.99. The fraction of sp³-hybridized carbons (Fsp3) is 0.320. The second-order valence-electron chi connectivity index (χ2n) is 8.21. The number of ether oxygens (including phenoxy) is 1. The van der Waals surface area contributed by atoms with Gasteiger partial charge in [-0.05, 0) is 43.0 Å². The highest BCUT2D eigenvalue weighted by Crippen LogP contribution is 2.26. The number of nitrogens with one attached hydrogen (secondary N) is 2. The van der Waals surface area contributed by atoms with E-state index in [1.165, 1.54) is 16.2 Å². The molecule has 9 heteroatoms. The first-order chi connectivity index (χ1) is 16.5. The van der Waals surface area contributed by atoms with Gasteiger partial charge >= 0.3 is 0 Å². The predicted octanol–water partition coefficient (Wildman–Crippen LogP) is 4.79. The summed E-state index contributed by atoms with van der Waals surface area (Å²) in [7, 11) is 0. The van der Waals surface area contributed by atoms with Gasteiger partial charge in [0.25, 0.3) is 5.91 Å². The summed E-state index contributed by atoms with van der Waals surface area (Å²) in [6, 6.07) is 15.2. The van der Waals surface area contributed by atoms with Crippen molar-refractivity contribution in [1.29, 1.82) is 0 Å². The number of halogens is 1. The molecular weight excluding hydrogens is 472 g/mol. The Bertz CT molecular complexity index is 1130. The Morgan fingerprint density at radius 3 is 2.82 bits per heavy atom. The van der Waals surface area contributed by atoms with Crippen LogP contribution in [0.15, 0.2) is 53.9 Å². The molecule has 1 aliphatic rings. The van der Waals surface area contributed by atoms with Crippen molar-refractivity contribution in [2.24, 2.45) is 0 Å². The van der Waals surface area contributed by atoms with Crippen LogP contribution in [0, 0.1) is 6.92 Å². The van der Waals surface area contributed by atoms with E-state index in [1.54, 1.807) is 5.38 Å². The van der Waals surface area contributed by atoms with Gasteiger partial charge in [0.05, 0.1) is 6.10 Å². The quantitative estimate of drug-likeness (QED) is 0.443. The number of rotatable bonds is 9. The van der Waals surface area contributed by atoms with Crippen molar-refractivity contribution in [2.45, 2.75) is 32.4 Å². The van der Waals surface area contributed by atoms with Crippen molar-refractivity contribution in [3.8, 4) is 0 Å². The van der Waals surface area contributed by atoms with Gasteiger partial charge < -0.3 is 20.3 Å². The number of benzene rings is 2. The van der Waals surface area contributed by atoms with Crippen molar-refractivity contribution < 1.29 is 14.3 Å². The zero-order valence-electron chi connectivity index (χ0n) is 18.9. The number of carbonyl (C=O) groups excluding carboxylic acids is 2. The Balaban J connectivity index is 1.45. The van der Waals surface area contributed by atoms with Crippen molar-refractivity contribution in [2.75, 3.05) is 25.0 Å². The molecule has 0 spiro atoms. The van der Waals surface area contributed by atoms with Crippen LogP contribution in [0.4, 0.5) is 10.8 Å². The number of aryl methyl sites for hydroxylation is 1. The minimum absolute atomic E-state index is 0.0457. The minimum atomic E-state index is -0.303. The van der Waals surface area contributed by atoms with Crippen molar-refractivity contribution >= 4 is 45.6 Å². The van der Waals surface area contributed by atoms with Gasteiger partial charge in [-0.2, -0.15) is 0 Å². The van der Waals surface area contributed by atoms with E-state index < -0.39 is 0 Å². The number of hydrogen-bond acceptors (Lipinski definition) is 6. The van der Waals surface area contributed by atoms with E-state index in [0.29, 0.717) is 23.2 Å². The van der Waals surface area contributed by atoms with Gasteiger partial charge in [-0.25, -0.2) is 4.98 Å². The van der Waals surface area contributed by atoms with Gasteiger partial charge in [-0.1, -0.05) is 48.0 Å². The van der Waals surface area contributed by atoms with E-state index in [-0.39, 0.29) is 30.2 Å². The van der Waals surface area contributed by atoms with Crippen LogP contribution in [0.25, 0.3) is 0 Å². The summed E-state index contributed by atoms with van der Waals surface area (Å²) in [5.41, 5.74) is 3.07. The number of hydrogen-bond donors (Lipinski definition) is 2. The van der Waals surface area contributed by atoms with Gasteiger partial charge in [0.1, 0.15) is 12.2 Å². The molecule has 1 atom stereocenters.